The summed E-state index contributed by atoms with van der Waals surface area (Å²) in [5.74, 6) is 0. The number of nitrogens with zero attached hydrogens (tertiary/aromatic N) is 2. The highest BCUT2D eigenvalue weighted by Gasteiger charge is 2.15. The lowest BCUT2D eigenvalue weighted by Crippen LogP contribution is -2.26. The summed E-state index contributed by atoms with van der Waals surface area (Å²) in [4.78, 5) is 4.29. The van der Waals surface area contributed by atoms with Crippen molar-refractivity contribution in [2.24, 2.45) is 0 Å². The molecule has 0 bridgehead atoms. The molecule has 0 saturated carbocycles. The van der Waals surface area contributed by atoms with Crippen LogP contribution in [0.5, 0.6) is 0 Å². The van der Waals surface area contributed by atoms with Crippen LogP contribution in [0.4, 0.5) is 0 Å². The molecule has 1 aromatic heterocycles. The highest BCUT2D eigenvalue weighted by atomic mass is 15.1. The first-order valence-electron chi connectivity index (χ1n) is 4.99. The molecule has 0 aliphatic carbocycles. The van der Waals surface area contributed by atoms with Gasteiger partial charge in [-0.1, -0.05) is 0 Å². The third-order valence-electron chi connectivity index (χ3n) is 2.92. The van der Waals surface area contributed by atoms with E-state index >= 15 is 0 Å². The number of hydrogen-bond donors (Lipinski definition) is 1. The van der Waals surface area contributed by atoms with E-state index in [1.165, 1.54) is 25.1 Å². The van der Waals surface area contributed by atoms with Crippen LogP contribution >= 0.6 is 0 Å². The predicted octanol–water partition coefficient (Wildman–Crippen LogP) is 1.25. The van der Waals surface area contributed by atoms with Crippen LogP contribution in [0.25, 0.3) is 0 Å². The summed E-state index contributed by atoms with van der Waals surface area (Å²) in [5.41, 5.74) is 2.45. The van der Waals surface area contributed by atoms with E-state index in [9.17, 15) is 0 Å². The summed E-state index contributed by atoms with van der Waals surface area (Å²) in [6, 6.07) is 0.660. The Balaban J connectivity index is 2.04. The summed E-state index contributed by atoms with van der Waals surface area (Å²) in [7, 11) is 0. The average molecular weight is 179 g/mol. The third kappa shape index (κ3) is 1.75. The Kier molecular flexibility index (Phi) is 2.36. The van der Waals surface area contributed by atoms with E-state index in [1.54, 1.807) is 0 Å². The summed E-state index contributed by atoms with van der Waals surface area (Å²) in [6.45, 7) is 6.45. The smallest absolute Gasteiger partial charge is 0.0951 e. The van der Waals surface area contributed by atoms with Gasteiger partial charge in [0.05, 0.1) is 12.0 Å². The summed E-state index contributed by atoms with van der Waals surface area (Å²) in [6.07, 6.45) is 4.57. The molecule has 1 aromatic rings. The Hall–Kier alpha value is -0.830. The first-order chi connectivity index (χ1) is 6.27. The molecule has 2 heterocycles. The number of imidazole rings is 1. The standard InChI is InChI=1S/C10H17N3/c1-8-9(2)13(7-12-8)6-10-4-3-5-11-10/h7,10-11H,3-6H2,1-2H3/t10-/m0/s1. The summed E-state index contributed by atoms with van der Waals surface area (Å²) >= 11 is 0. The SMILES string of the molecule is Cc1ncn(C[C@@H]2CCCN2)c1C. The van der Waals surface area contributed by atoms with Crippen LogP contribution in [0.15, 0.2) is 6.33 Å². The minimum absolute atomic E-state index is 0.660. The maximum absolute atomic E-state index is 4.29. The molecule has 1 aliphatic rings. The molecule has 1 saturated heterocycles. The zero-order valence-corrected chi connectivity index (χ0v) is 8.38. The van der Waals surface area contributed by atoms with Gasteiger partial charge >= 0.3 is 0 Å². The maximum atomic E-state index is 4.29. The second kappa shape index (κ2) is 3.50. The number of aromatic nitrogens is 2. The van der Waals surface area contributed by atoms with Crippen molar-refractivity contribution in [2.75, 3.05) is 6.54 Å². The van der Waals surface area contributed by atoms with E-state index < -0.39 is 0 Å². The van der Waals surface area contributed by atoms with Crippen molar-refractivity contribution in [3.63, 3.8) is 0 Å². The Morgan fingerprint density at radius 3 is 3.00 bits per heavy atom. The molecule has 0 radical (unpaired) electrons. The van der Waals surface area contributed by atoms with Crippen molar-refractivity contribution in [1.82, 2.24) is 14.9 Å². The molecule has 3 nitrogen and oxygen atoms in total. The van der Waals surface area contributed by atoms with Crippen LogP contribution in [0.3, 0.4) is 0 Å². The van der Waals surface area contributed by atoms with Crippen molar-refractivity contribution >= 4 is 0 Å². The van der Waals surface area contributed by atoms with E-state index in [-0.39, 0.29) is 0 Å². The molecule has 0 spiro atoms. The van der Waals surface area contributed by atoms with E-state index in [0.29, 0.717) is 6.04 Å². The number of nitrogens with one attached hydrogen (secondary N) is 1. The van der Waals surface area contributed by atoms with E-state index in [2.05, 4.69) is 28.7 Å². The number of aryl methyl sites for hydroxylation is 1. The molecule has 1 fully saturated rings. The van der Waals surface area contributed by atoms with Crippen LogP contribution in [0, 0.1) is 13.8 Å². The second-order valence-electron chi connectivity index (χ2n) is 3.86. The fraction of sp³-hybridized carbons (Fsp3) is 0.700. The zero-order chi connectivity index (χ0) is 9.26. The molecule has 2 rings (SSSR count). The Bertz CT molecular complexity index is 284. The van der Waals surface area contributed by atoms with Gasteiger partial charge in [-0.2, -0.15) is 0 Å². The molecule has 1 aliphatic heterocycles. The van der Waals surface area contributed by atoms with Gasteiger partial charge in [-0.05, 0) is 33.2 Å². The third-order valence-corrected chi connectivity index (χ3v) is 2.92. The van der Waals surface area contributed by atoms with Crippen molar-refractivity contribution in [2.45, 2.75) is 39.3 Å². The van der Waals surface area contributed by atoms with Gasteiger partial charge in [-0.15, -0.1) is 0 Å². The first-order valence-corrected chi connectivity index (χ1v) is 4.99. The predicted molar refractivity (Wildman–Crippen MR) is 52.7 cm³/mol. The summed E-state index contributed by atoms with van der Waals surface area (Å²) < 4.78 is 2.25. The Morgan fingerprint density at radius 2 is 2.46 bits per heavy atom. The quantitative estimate of drug-likeness (QED) is 0.740. The lowest BCUT2D eigenvalue weighted by Gasteiger charge is -2.12. The normalized spacial score (nSPS) is 22.5. The molecule has 0 amide bonds. The largest absolute Gasteiger partial charge is 0.333 e. The van der Waals surface area contributed by atoms with Gasteiger partial charge in [0, 0.05) is 18.3 Å². The molecule has 72 valence electrons. The van der Waals surface area contributed by atoms with Gasteiger partial charge < -0.3 is 9.88 Å². The van der Waals surface area contributed by atoms with Crippen LogP contribution in [0.2, 0.25) is 0 Å². The van der Waals surface area contributed by atoms with Crippen molar-refractivity contribution in [3.05, 3.63) is 17.7 Å². The van der Waals surface area contributed by atoms with Crippen LogP contribution in [-0.2, 0) is 6.54 Å². The average Bonchev–Trinajstić information content (AvgIpc) is 2.71. The van der Waals surface area contributed by atoms with Crippen LogP contribution in [-0.4, -0.2) is 22.1 Å². The van der Waals surface area contributed by atoms with E-state index in [4.69, 9.17) is 0 Å². The van der Waals surface area contributed by atoms with Crippen LogP contribution in [0.1, 0.15) is 24.2 Å². The van der Waals surface area contributed by atoms with Gasteiger partial charge in [-0.25, -0.2) is 4.98 Å². The zero-order valence-electron chi connectivity index (χ0n) is 8.38. The lowest BCUT2D eigenvalue weighted by molar-refractivity contribution is 0.502. The molecule has 1 N–H and O–H groups in total. The number of rotatable bonds is 2. The highest BCUT2D eigenvalue weighted by Crippen LogP contribution is 2.10. The number of hydrogen-bond acceptors (Lipinski definition) is 2. The minimum atomic E-state index is 0.660. The minimum Gasteiger partial charge on any atom is -0.333 e. The van der Waals surface area contributed by atoms with Gasteiger partial charge in [0.1, 0.15) is 0 Å². The maximum Gasteiger partial charge on any atom is 0.0951 e. The van der Waals surface area contributed by atoms with Crippen molar-refractivity contribution < 1.29 is 0 Å². The van der Waals surface area contributed by atoms with Gasteiger partial charge in [0.2, 0.25) is 0 Å². The van der Waals surface area contributed by atoms with Gasteiger partial charge in [-0.3, -0.25) is 0 Å². The molecular weight excluding hydrogens is 162 g/mol. The topological polar surface area (TPSA) is 29.9 Å². The van der Waals surface area contributed by atoms with Gasteiger partial charge in [0.25, 0.3) is 0 Å². The second-order valence-corrected chi connectivity index (χ2v) is 3.86. The molecule has 1 atom stereocenters. The molecule has 0 unspecified atom stereocenters. The fourth-order valence-electron chi connectivity index (χ4n) is 1.88. The first kappa shape index (κ1) is 8.75. The molecular formula is C10H17N3. The molecule has 0 aromatic carbocycles. The lowest BCUT2D eigenvalue weighted by atomic mass is 10.2. The fourth-order valence-corrected chi connectivity index (χ4v) is 1.88. The Labute approximate surface area is 79.2 Å². The van der Waals surface area contributed by atoms with Crippen LogP contribution < -0.4 is 5.32 Å². The molecule has 3 heteroatoms. The Morgan fingerprint density at radius 1 is 1.62 bits per heavy atom. The molecule has 13 heavy (non-hydrogen) atoms. The van der Waals surface area contributed by atoms with E-state index in [1.807, 2.05) is 6.33 Å². The van der Waals surface area contributed by atoms with Crippen molar-refractivity contribution in [3.8, 4) is 0 Å². The van der Waals surface area contributed by atoms with E-state index in [0.717, 1.165) is 12.2 Å². The van der Waals surface area contributed by atoms with Gasteiger partial charge in [0.15, 0.2) is 0 Å². The monoisotopic (exact) mass is 179 g/mol. The van der Waals surface area contributed by atoms with Crippen molar-refractivity contribution in [1.29, 1.82) is 0 Å². The highest BCUT2D eigenvalue weighted by molar-refractivity contribution is 5.08. The summed E-state index contributed by atoms with van der Waals surface area (Å²) in [5, 5.41) is 3.49.